The number of hydrazine groups is 1. The van der Waals surface area contributed by atoms with Gasteiger partial charge < -0.3 is 0 Å². The molecule has 0 bridgehead atoms. The van der Waals surface area contributed by atoms with E-state index in [2.05, 4.69) is 12.3 Å². The molecule has 1 amide bonds. The van der Waals surface area contributed by atoms with E-state index >= 15 is 0 Å². The van der Waals surface area contributed by atoms with Crippen molar-refractivity contribution >= 4 is 17.7 Å². The molecular formula is C9H20N2OS. The summed E-state index contributed by atoms with van der Waals surface area (Å²) in [5, 5.41) is 0. The Morgan fingerprint density at radius 2 is 2.08 bits per heavy atom. The van der Waals surface area contributed by atoms with Crippen molar-refractivity contribution in [3.05, 3.63) is 0 Å². The maximum atomic E-state index is 10.7. The second kappa shape index (κ2) is 9.86. The molecule has 0 unspecified atom stereocenters. The van der Waals surface area contributed by atoms with Gasteiger partial charge in [0.2, 0.25) is 5.91 Å². The fourth-order valence-corrected chi connectivity index (χ4v) is 1.89. The highest BCUT2D eigenvalue weighted by atomic mass is 32.2. The average molecular weight is 204 g/mol. The minimum absolute atomic E-state index is 0.0544. The van der Waals surface area contributed by atoms with E-state index in [9.17, 15) is 4.79 Å². The third kappa shape index (κ3) is 9.70. The van der Waals surface area contributed by atoms with Gasteiger partial charge in [0.15, 0.2) is 0 Å². The number of rotatable bonds is 8. The number of unbranched alkanes of at least 4 members (excludes halogenated alkanes) is 2. The summed E-state index contributed by atoms with van der Waals surface area (Å²) in [6.07, 6.45) is 5.11. The first-order valence-corrected chi connectivity index (χ1v) is 6.04. The van der Waals surface area contributed by atoms with Crippen LogP contribution in [0.15, 0.2) is 0 Å². The SMILES string of the molecule is CCCSCCCCCC(=O)NN. The molecule has 0 aliphatic rings. The minimum Gasteiger partial charge on any atom is -0.294 e. The van der Waals surface area contributed by atoms with Crippen molar-refractivity contribution in [3.8, 4) is 0 Å². The second-order valence-corrected chi connectivity index (χ2v) is 4.22. The van der Waals surface area contributed by atoms with E-state index in [1.165, 1.54) is 24.3 Å². The molecule has 0 aliphatic carbocycles. The van der Waals surface area contributed by atoms with Crippen LogP contribution in [0.25, 0.3) is 0 Å². The number of nitrogens with two attached hydrogens (primary N) is 1. The molecule has 0 aliphatic heterocycles. The van der Waals surface area contributed by atoms with Crippen molar-refractivity contribution in [2.45, 2.75) is 39.0 Å². The van der Waals surface area contributed by atoms with Gasteiger partial charge in [0, 0.05) is 6.42 Å². The summed E-state index contributed by atoms with van der Waals surface area (Å²) >= 11 is 1.99. The zero-order chi connectivity index (χ0) is 9.94. The maximum absolute atomic E-state index is 10.7. The summed E-state index contributed by atoms with van der Waals surface area (Å²) in [7, 11) is 0. The monoisotopic (exact) mass is 204 g/mol. The first kappa shape index (κ1) is 12.8. The van der Waals surface area contributed by atoms with Crippen LogP contribution in [0.1, 0.15) is 39.0 Å². The number of amides is 1. The summed E-state index contributed by atoms with van der Waals surface area (Å²) in [5.41, 5.74) is 2.13. The van der Waals surface area contributed by atoms with Gasteiger partial charge in [-0.1, -0.05) is 13.3 Å². The molecule has 3 N–H and O–H groups in total. The summed E-state index contributed by atoms with van der Waals surface area (Å²) in [4.78, 5) is 10.7. The standard InChI is InChI=1S/C9H20N2OS/c1-2-7-13-8-5-3-4-6-9(12)11-10/h2-8,10H2,1H3,(H,11,12). The van der Waals surface area contributed by atoms with Crippen molar-refractivity contribution in [3.63, 3.8) is 0 Å². The Morgan fingerprint density at radius 3 is 2.69 bits per heavy atom. The Bertz CT molecular complexity index is 131. The molecule has 0 spiro atoms. The van der Waals surface area contributed by atoms with Gasteiger partial charge in [0.05, 0.1) is 0 Å². The number of carbonyl (C=O) groups excluding carboxylic acids is 1. The lowest BCUT2D eigenvalue weighted by atomic mass is 10.2. The molecular weight excluding hydrogens is 184 g/mol. The van der Waals surface area contributed by atoms with Crippen molar-refractivity contribution in [1.29, 1.82) is 0 Å². The van der Waals surface area contributed by atoms with Crippen LogP contribution in [-0.2, 0) is 4.79 Å². The Kier molecular flexibility index (Phi) is 9.70. The highest BCUT2D eigenvalue weighted by Crippen LogP contribution is 2.08. The van der Waals surface area contributed by atoms with Crippen LogP contribution in [-0.4, -0.2) is 17.4 Å². The Morgan fingerprint density at radius 1 is 1.31 bits per heavy atom. The van der Waals surface area contributed by atoms with E-state index in [1.54, 1.807) is 0 Å². The van der Waals surface area contributed by atoms with E-state index in [4.69, 9.17) is 5.84 Å². The van der Waals surface area contributed by atoms with Crippen molar-refractivity contribution in [2.75, 3.05) is 11.5 Å². The Hall–Kier alpha value is -0.220. The van der Waals surface area contributed by atoms with E-state index in [0.29, 0.717) is 6.42 Å². The Balaban J connectivity index is 2.95. The predicted octanol–water partition coefficient (Wildman–Crippen LogP) is 1.68. The number of nitrogens with one attached hydrogen (secondary N) is 1. The molecule has 0 radical (unpaired) electrons. The summed E-state index contributed by atoms with van der Waals surface area (Å²) in [6, 6.07) is 0. The van der Waals surface area contributed by atoms with Gasteiger partial charge in [0.25, 0.3) is 0 Å². The molecule has 0 fully saturated rings. The third-order valence-corrected chi connectivity index (χ3v) is 2.98. The lowest BCUT2D eigenvalue weighted by molar-refractivity contribution is -0.121. The summed E-state index contributed by atoms with van der Waals surface area (Å²) in [5.74, 6) is 7.37. The molecule has 0 aromatic heterocycles. The van der Waals surface area contributed by atoms with Crippen LogP contribution in [0.3, 0.4) is 0 Å². The first-order chi connectivity index (χ1) is 6.31. The number of hydrogen-bond acceptors (Lipinski definition) is 3. The van der Waals surface area contributed by atoms with Crippen LogP contribution in [0.4, 0.5) is 0 Å². The van der Waals surface area contributed by atoms with Crippen LogP contribution < -0.4 is 11.3 Å². The zero-order valence-electron chi connectivity index (χ0n) is 8.34. The van der Waals surface area contributed by atoms with E-state index < -0.39 is 0 Å². The number of thioether (sulfide) groups is 1. The van der Waals surface area contributed by atoms with Gasteiger partial charge in [-0.25, -0.2) is 5.84 Å². The number of carbonyl (C=O) groups is 1. The van der Waals surface area contributed by atoms with Crippen molar-refractivity contribution < 1.29 is 4.79 Å². The van der Waals surface area contributed by atoms with Crippen LogP contribution in [0, 0.1) is 0 Å². The van der Waals surface area contributed by atoms with E-state index in [-0.39, 0.29) is 5.91 Å². The maximum Gasteiger partial charge on any atom is 0.233 e. The molecule has 4 heteroatoms. The Labute approximate surface area is 84.8 Å². The molecule has 0 atom stereocenters. The van der Waals surface area contributed by atoms with Crippen LogP contribution in [0.2, 0.25) is 0 Å². The quantitative estimate of drug-likeness (QED) is 0.274. The van der Waals surface area contributed by atoms with E-state index in [0.717, 1.165) is 12.8 Å². The minimum atomic E-state index is -0.0544. The van der Waals surface area contributed by atoms with Crippen molar-refractivity contribution in [1.82, 2.24) is 5.43 Å². The van der Waals surface area contributed by atoms with Crippen molar-refractivity contribution in [2.24, 2.45) is 5.84 Å². The van der Waals surface area contributed by atoms with Gasteiger partial charge in [0.1, 0.15) is 0 Å². The molecule has 78 valence electrons. The largest absolute Gasteiger partial charge is 0.294 e. The number of hydrogen-bond donors (Lipinski definition) is 2. The zero-order valence-corrected chi connectivity index (χ0v) is 9.16. The lowest BCUT2D eigenvalue weighted by Gasteiger charge is -2.00. The second-order valence-electron chi connectivity index (χ2n) is 2.99. The molecule has 0 aromatic rings. The van der Waals surface area contributed by atoms with Crippen LogP contribution in [0.5, 0.6) is 0 Å². The molecule has 0 rings (SSSR count). The van der Waals surface area contributed by atoms with E-state index in [1.807, 2.05) is 11.8 Å². The summed E-state index contributed by atoms with van der Waals surface area (Å²) in [6.45, 7) is 2.19. The van der Waals surface area contributed by atoms with Gasteiger partial charge in [-0.3, -0.25) is 10.2 Å². The topological polar surface area (TPSA) is 55.1 Å². The highest BCUT2D eigenvalue weighted by Gasteiger charge is 1.97. The van der Waals surface area contributed by atoms with Gasteiger partial charge in [-0.05, 0) is 30.8 Å². The molecule has 3 nitrogen and oxygen atoms in total. The highest BCUT2D eigenvalue weighted by molar-refractivity contribution is 7.99. The third-order valence-electron chi connectivity index (χ3n) is 1.70. The molecule has 0 saturated carbocycles. The fraction of sp³-hybridized carbons (Fsp3) is 0.889. The predicted molar refractivity (Wildman–Crippen MR) is 58.4 cm³/mol. The smallest absolute Gasteiger partial charge is 0.233 e. The summed E-state index contributed by atoms with van der Waals surface area (Å²) < 4.78 is 0. The average Bonchev–Trinajstić information content (AvgIpc) is 2.16. The molecule has 0 saturated heterocycles. The lowest BCUT2D eigenvalue weighted by Crippen LogP contribution is -2.29. The fourth-order valence-electron chi connectivity index (χ4n) is 0.985. The molecule has 13 heavy (non-hydrogen) atoms. The molecule has 0 aromatic carbocycles. The molecule has 0 heterocycles. The van der Waals surface area contributed by atoms with Crippen LogP contribution >= 0.6 is 11.8 Å². The first-order valence-electron chi connectivity index (χ1n) is 4.88. The van der Waals surface area contributed by atoms with Gasteiger partial charge in [-0.2, -0.15) is 11.8 Å². The normalized spacial score (nSPS) is 10.0. The van der Waals surface area contributed by atoms with Gasteiger partial charge >= 0.3 is 0 Å². The van der Waals surface area contributed by atoms with Gasteiger partial charge in [-0.15, -0.1) is 0 Å².